The summed E-state index contributed by atoms with van der Waals surface area (Å²) >= 11 is 0. The Hall–Kier alpha value is -7.31. The molecule has 2 saturated carbocycles. The van der Waals surface area contributed by atoms with E-state index < -0.39 is 60.6 Å². The number of hydrogen-bond acceptors (Lipinski definition) is 18. The summed E-state index contributed by atoms with van der Waals surface area (Å²) in [5.74, 6) is 1.02. The Kier molecular flexibility index (Phi) is 15.5. The molecule has 4 N–H and O–H groups in total. The Morgan fingerprint density at radius 1 is 0.966 bits per heavy atom. The van der Waals surface area contributed by atoms with E-state index in [1.165, 1.54) is 23.9 Å². The number of nitro benzene ring substituents is 1. The molecule has 5 aliphatic heterocycles. The van der Waals surface area contributed by atoms with Gasteiger partial charge in [-0.15, -0.1) is 0 Å². The van der Waals surface area contributed by atoms with E-state index in [2.05, 4.69) is 66.8 Å². The predicted molar refractivity (Wildman–Crippen MR) is 325 cm³/mol. The van der Waals surface area contributed by atoms with Gasteiger partial charge in [0.25, 0.3) is 27.5 Å². The zero-order valence-electron chi connectivity index (χ0n) is 49.9. The number of ether oxygens (including phenoxy) is 5. The number of para-hydroxylation sites is 1. The number of piperidine rings is 1. The van der Waals surface area contributed by atoms with Gasteiger partial charge in [0, 0.05) is 93.7 Å². The fourth-order valence-corrected chi connectivity index (χ4v) is 15.3. The highest BCUT2D eigenvalue weighted by Crippen LogP contribution is 2.54. The van der Waals surface area contributed by atoms with Gasteiger partial charge in [0.15, 0.2) is 5.75 Å². The van der Waals surface area contributed by atoms with Gasteiger partial charge in [0.05, 0.1) is 56.9 Å². The number of H-pyrrole nitrogens is 1. The van der Waals surface area contributed by atoms with Crippen LogP contribution in [-0.4, -0.2) is 144 Å². The number of pyridine rings is 2. The first-order valence-electron chi connectivity index (χ1n) is 30.6. The number of hydrogen-bond donors (Lipinski definition) is 4. The van der Waals surface area contributed by atoms with Gasteiger partial charge in [0.2, 0.25) is 5.88 Å². The van der Waals surface area contributed by atoms with Gasteiger partial charge in [-0.1, -0.05) is 18.2 Å². The minimum absolute atomic E-state index is 0.00569. The van der Waals surface area contributed by atoms with Gasteiger partial charge in [-0.2, -0.15) is 4.98 Å². The number of rotatable bonds is 15. The van der Waals surface area contributed by atoms with Crippen molar-refractivity contribution in [1.82, 2.24) is 29.5 Å². The molecule has 87 heavy (non-hydrogen) atoms. The topological polar surface area (TPSA) is 239 Å². The van der Waals surface area contributed by atoms with Gasteiger partial charge < -0.3 is 48.9 Å². The van der Waals surface area contributed by atoms with Crippen LogP contribution in [0, 0.1) is 27.3 Å². The number of anilines is 4. The van der Waals surface area contributed by atoms with E-state index in [9.17, 15) is 28.4 Å². The summed E-state index contributed by atoms with van der Waals surface area (Å²) in [6, 6.07) is 21.0. The first-order valence-corrected chi connectivity index (χ1v) is 32.1. The summed E-state index contributed by atoms with van der Waals surface area (Å²) in [5, 5.41) is 26.3. The van der Waals surface area contributed by atoms with Crippen molar-refractivity contribution in [2.45, 2.75) is 145 Å². The van der Waals surface area contributed by atoms with Gasteiger partial charge >= 0.3 is 0 Å². The number of nitrogens with one attached hydrogen (secondary N) is 3. The number of piperazine rings is 1. The Bertz CT molecular complexity index is 3710. The van der Waals surface area contributed by atoms with Crippen LogP contribution in [0.15, 0.2) is 90.1 Å². The van der Waals surface area contributed by atoms with Gasteiger partial charge in [-0.25, -0.2) is 22.5 Å². The molecule has 3 aromatic carbocycles. The summed E-state index contributed by atoms with van der Waals surface area (Å²) in [4.78, 5) is 47.8. The lowest BCUT2D eigenvalue weighted by atomic mass is 9.59. The minimum Gasteiger partial charge on any atom is -0.491 e. The Morgan fingerprint density at radius 2 is 1.76 bits per heavy atom. The number of carbonyl (C=O) groups is 1. The summed E-state index contributed by atoms with van der Waals surface area (Å²) in [6.45, 7) is 16.1. The molecule has 462 valence electrons. The molecule has 2 aliphatic carbocycles. The normalized spacial score (nSPS) is 24.6. The second kappa shape index (κ2) is 23.0. The van der Waals surface area contributed by atoms with E-state index in [4.69, 9.17) is 28.7 Å². The number of carbonyl (C=O) groups excluding carboxylic acids is 1. The third-order valence-corrected chi connectivity index (χ3v) is 20.4. The van der Waals surface area contributed by atoms with Crippen LogP contribution in [0.5, 0.6) is 23.3 Å². The van der Waals surface area contributed by atoms with Crippen molar-refractivity contribution in [1.29, 1.82) is 0 Å². The van der Waals surface area contributed by atoms with Crippen molar-refractivity contribution in [2.75, 3.05) is 74.2 Å². The number of sulfonamides is 1. The van der Waals surface area contributed by atoms with Gasteiger partial charge in [-0.05, 0) is 152 Å². The van der Waals surface area contributed by atoms with Crippen LogP contribution >= 0.6 is 0 Å². The van der Waals surface area contributed by atoms with Crippen molar-refractivity contribution >= 4 is 55.4 Å². The van der Waals surface area contributed by atoms with Crippen LogP contribution < -0.4 is 38.8 Å². The average Bonchev–Trinajstić information content (AvgIpc) is 1.60. The minimum atomic E-state index is -4.71. The molecule has 13 rings (SSSR count). The van der Waals surface area contributed by atoms with Crippen molar-refractivity contribution < 1.29 is 51.3 Å². The Balaban J connectivity index is 0.759. The number of aromatic nitrogens is 3. The number of aromatic amines is 1. The van der Waals surface area contributed by atoms with Crippen LogP contribution in [0.25, 0.3) is 11.0 Å². The molecule has 23 heteroatoms. The first kappa shape index (κ1) is 58.7. The second-order valence-electron chi connectivity index (χ2n) is 26.2. The summed E-state index contributed by atoms with van der Waals surface area (Å²) in [5.41, 5.74) is 2.68. The maximum atomic E-state index is 15.5. The number of fused-ring (bicyclic) bond motifs is 4. The smallest absolute Gasteiger partial charge is 0.293 e. The van der Waals surface area contributed by atoms with Crippen LogP contribution in [0.2, 0.25) is 0 Å². The predicted octanol–water partition coefficient (Wildman–Crippen LogP) is 9.81. The molecule has 7 aliphatic rings. The molecule has 3 aromatic heterocycles. The maximum absolute atomic E-state index is 15.5. The van der Waals surface area contributed by atoms with Crippen molar-refractivity contribution in [3.05, 3.63) is 118 Å². The summed E-state index contributed by atoms with van der Waals surface area (Å²) in [7, 11) is -4.71. The van der Waals surface area contributed by atoms with E-state index in [1.54, 1.807) is 25.3 Å². The highest BCUT2D eigenvalue weighted by molar-refractivity contribution is 7.90. The molecule has 6 aromatic rings. The Morgan fingerprint density at radius 3 is 2.54 bits per heavy atom. The quantitative estimate of drug-likeness (QED) is 0.0552. The molecular formula is C64H77FN10O11S. The molecule has 0 radical (unpaired) electrons. The fourth-order valence-electron chi connectivity index (χ4n) is 14.3. The summed E-state index contributed by atoms with van der Waals surface area (Å²) < 4.78 is 77.8. The van der Waals surface area contributed by atoms with E-state index in [0.29, 0.717) is 74.6 Å². The number of halogens is 1. The highest BCUT2D eigenvalue weighted by atomic mass is 32.2. The molecule has 1 spiro atoms. The number of benzene rings is 3. The van der Waals surface area contributed by atoms with Gasteiger partial charge in [-0.3, -0.25) is 24.7 Å². The highest BCUT2D eigenvalue weighted by Gasteiger charge is 2.51. The van der Waals surface area contributed by atoms with E-state index >= 15 is 4.39 Å². The molecule has 0 unspecified atom stereocenters. The lowest BCUT2D eigenvalue weighted by Crippen LogP contribution is -2.59. The van der Waals surface area contributed by atoms with E-state index in [-0.39, 0.29) is 58.2 Å². The molecule has 8 heterocycles. The largest absolute Gasteiger partial charge is 0.491 e. The van der Waals surface area contributed by atoms with E-state index in [1.807, 2.05) is 43.0 Å². The molecule has 21 nitrogen and oxygen atoms in total. The van der Waals surface area contributed by atoms with Crippen LogP contribution in [0.3, 0.4) is 0 Å². The molecule has 3 saturated heterocycles. The molecule has 3 atom stereocenters. The number of amides is 1. The van der Waals surface area contributed by atoms with Crippen LogP contribution in [-0.2, 0) is 21.3 Å². The zero-order chi connectivity index (χ0) is 60.6. The van der Waals surface area contributed by atoms with Crippen LogP contribution in [0.4, 0.5) is 32.8 Å². The first-order chi connectivity index (χ1) is 41.7. The number of nitro groups is 1. The number of aliphatic hydroxyl groups is 1. The third-order valence-electron chi connectivity index (χ3n) is 19.1. The maximum Gasteiger partial charge on any atom is 0.293 e. The van der Waals surface area contributed by atoms with Crippen molar-refractivity contribution in [3.8, 4) is 23.3 Å². The lowest BCUT2D eigenvalue weighted by Gasteiger charge is -2.58. The van der Waals surface area contributed by atoms with Crippen LogP contribution in [0.1, 0.15) is 120 Å². The van der Waals surface area contributed by atoms with Crippen molar-refractivity contribution in [2.24, 2.45) is 11.3 Å². The fraction of sp³-hybridized carbons (Fsp3) is 0.516. The lowest BCUT2D eigenvalue weighted by molar-refractivity contribution is -0.384. The molecular weight excluding hydrogens is 1140 g/mol. The zero-order valence-corrected chi connectivity index (χ0v) is 50.7. The van der Waals surface area contributed by atoms with Gasteiger partial charge in [0.1, 0.15) is 46.9 Å². The molecule has 1 amide bonds. The standard InChI is InChI=1S/C64H77FN10O11S/c1-39(2)84-55-9-7-6-8-45(55)54-36-71(35-41-16-22-66-61-57(41)83-38-62(3,4)86-61)25-26-73(54)43-31-64(32-43)20-23-72(24-21-64)42-10-12-46(51(28-42)74-50-17-27-82-37-56(50)85-60-53(74)30-47-48(65)34-68-58(47)69-60)59(76)70-87(80,81)44-11-13-49(52(29-44)75(78)79)67-33-40-14-18-63(5,77)19-15-40/h6-13,16,22,28-30,34,39-40,43,50,54,56,67,77H,14-15,17-21,23-27,31-33,35-38H2,1-5H3,(H,68,69)(H,70,76)/t40?,50-,54+,56-,63?/m0/s1. The van der Waals surface area contributed by atoms with Crippen molar-refractivity contribution in [3.63, 3.8) is 0 Å². The number of nitrogens with zero attached hydrogens (tertiary/aromatic N) is 7. The SMILES string of the molecule is CC(C)Oc1ccccc1[C@H]1CN(Cc2ccnc3c2OCC(C)(C)O3)CCN1C1CC2(CCN(c3ccc(C(=O)NS(=O)(=O)c4ccc(NCC5CCC(C)(O)CC5)c([N+](=O)[O-])c4)c(N4c5cc6c(F)c[nH]c6nc5O[C@H]5COCC[C@@H]54)c3)CC2)C1. The average molecular weight is 1210 g/mol. The molecule has 5 fully saturated rings. The molecule has 0 bridgehead atoms. The monoisotopic (exact) mass is 1210 g/mol. The van der Waals surface area contributed by atoms with E-state index in [0.717, 1.165) is 94.3 Å². The third kappa shape index (κ3) is 11.8. The Labute approximate surface area is 506 Å². The second-order valence-corrected chi connectivity index (χ2v) is 27.9. The summed E-state index contributed by atoms with van der Waals surface area (Å²) in [6.07, 6.45) is 9.59.